The second-order valence-electron chi connectivity index (χ2n) is 5.47. The monoisotopic (exact) mass is 310 g/mol. The zero-order chi connectivity index (χ0) is 15.4. The van der Waals surface area contributed by atoms with Crippen LogP contribution in [0.25, 0.3) is 0 Å². The average Bonchev–Trinajstić information content (AvgIpc) is 2.48. The van der Waals surface area contributed by atoms with Gasteiger partial charge in [0.05, 0.1) is 17.7 Å². The molecule has 0 aromatic heterocycles. The number of phenolic OH excluding ortho intramolecular Hbond substituents is 1. The molecular weight excluding hydrogens is 288 g/mol. The van der Waals surface area contributed by atoms with E-state index in [2.05, 4.69) is 16.8 Å². The summed E-state index contributed by atoms with van der Waals surface area (Å²) >= 11 is 6.10. The Hall–Kier alpha value is -1.23. The maximum Gasteiger partial charge on any atom is 0.142 e. The Kier molecular flexibility index (Phi) is 5.51. The van der Waals surface area contributed by atoms with Gasteiger partial charge in [0.1, 0.15) is 11.5 Å². The van der Waals surface area contributed by atoms with Crippen molar-refractivity contribution in [3.8, 4) is 11.5 Å². The number of ether oxygens (including phenoxy) is 1. The van der Waals surface area contributed by atoms with Gasteiger partial charge >= 0.3 is 0 Å². The summed E-state index contributed by atoms with van der Waals surface area (Å²) in [6, 6.07) is 3.50. The highest BCUT2D eigenvalue weighted by Gasteiger charge is 2.28. The molecule has 0 radical (unpaired) electrons. The maximum absolute atomic E-state index is 10.4. The van der Waals surface area contributed by atoms with Gasteiger partial charge in [0.2, 0.25) is 0 Å². The molecule has 0 unspecified atom stereocenters. The van der Waals surface area contributed by atoms with E-state index in [-0.39, 0.29) is 11.8 Å². The average molecular weight is 311 g/mol. The largest absolute Gasteiger partial charge is 0.506 e. The van der Waals surface area contributed by atoms with E-state index < -0.39 is 0 Å². The SMILES string of the molecule is C=C(C)C[C@@H](c1c(OC)ccc(Cl)c1O)N1CCNCC1. The van der Waals surface area contributed by atoms with Crippen molar-refractivity contribution in [2.24, 2.45) is 0 Å². The van der Waals surface area contributed by atoms with E-state index in [1.54, 1.807) is 13.2 Å². The molecule has 5 heteroatoms. The first-order valence-electron chi connectivity index (χ1n) is 7.19. The molecule has 0 spiro atoms. The predicted octanol–water partition coefficient (Wildman–Crippen LogP) is 2.97. The van der Waals surface area contributed by atoms with Crippen LogP contribution in [0.15, 0.2) is 24.3 Å². The highest BCUT2D eigenvalue weighted by Crippen LogP contribution is 2.43. The van der Waals surface area contributed by atoms with Crippen LogP contribution in [-0.2, 0) is 0 Å². The van der Waals surface area contributed by atoms with Crippen molar-refractivity contribution in [3.05, 3.63) is 34.9 Å². The number of aromatic hydroxyl groups is 1. The summed E-state index contributed by atoms with van der Waals surface area (Å²) in [4.78, 5) is 2.35. The van der Waals surface area contributed by atoms with E-state index in [0.29, 0.717) is 10.8 Å². The van der Waals surface area contributed by atoms with Gasteiger partial charge in [-0.05, 0) is 25.5 Å². The van der Waals surface area contributed by atoms with E-state index >= 15 is 0 Å². The van der Waals surface area contributed by atoms with Crippen LogP contribution in [0.2, 0.25) is 5.02 Å². The minimum Gasteiger partial charge on any atom is -0.506 e. The van der Waals surface area contributed by atoms with Crippen molar-refractivity contribution >= 4 is 11.6 Å². The number of nitrogens with one attached hydrogen (secondary N) is 1. The number of methoxy groups -OCH3 is 1. The molecule has 1 aromatic rings. The van der Waals surface area contributed by atoms with Gasteiger partial charge in [-0.3, -0.25) is 4.90 Å². The lowest BCUT2D eigenvalue weighted by molar-refractivity contribution is 0.167. The third kappa shape index (κ3) is 3.70. The van der Waals surface area contributed by atoms with Crippen molar-refractivity contribution in [3.63, 3.8) is 0 Å². The Morgan fingerprint density at radius 2 is 2.14 bits per heavy atom. The van der Waals surface area contributed by atoms with E-state index in [4.69, 9.17) is 16.3 Å². The molecule has 1 saturated heterocycles. The molecule has 1 aromatic carbocycles. The molecule has 2 N–H and O–H groups in total. The third-order valence-electron chi connectivity index (χ3n) is 3.82. The lowest BCUT2D eigenvalue weighted by Crippen LogP contribution is -2.45. The van der Waals surface area contributed by atoms with Crippen molar-refractivity contribution in [2.45, 2.75) is 19.4 Å². The van der Waals surface area contributed by atoms with Gasteiger partial charge in [0.15, 0.2) is 0 Å². The molecule has 116 valence electrons. The number of nitrogens with zero attached hydrogens (tertiary/aromatic N) is 1. The van der Waals surface area contributed by atoms with Crippen LogP contribution < -0.4 is 10.1 Å². The number of phenols is 1. The Balaban J connectivity index is 2.44. The number of rotatable bonds is 5. The van der Waals surface area contributed by atoms with E-state index in [0.717, 1.165) is 43.7 Å². The van der Waals surface area contributed by atoms with Gasteiger partial charge in [0.25, 0.3) is 0 Å². The van der Waals surface area contributed by atoms with Gasteiger partial charge in [-0.15, -0.1) is 6.58 Å². The molecule has 1 atom stereocenters. The van der Waals surface area contributed by atoms with Crippen LogP contribution in [0, 0.1) is 0 Å². The summed E-state index contributed by atoms with van der Waals surface area (Å²) in [6.07, 6.45) is 0.768. The molecule has 0 saturated carbocycles. The molecular formula is C16H23ClN2O2. The van der Waals surface area contributed by atoms with Crippen molar-refractivity contribution < 1.29 is 9.84 Å². The van der Waals surface area contributed by atoms with Crippen LogP contribution in [0.4, 0.5) is 0 Å². The minimum absolute atomic E-state index is 0.0262. The zero-order valence-electron chi connectivity index (χ0n) is 12.7. The first-order valence-corrected chi connectivity index (χ1v) is 7.57. The first kappa shape index (κ1) is 16.1. The Labute approximate surface area is 131 Å². The highest BCUT2D eigenvalue weighted by atomic mass is 35.5. The van der Waals surface area contributed by atoms with E-state index in [1.165, 1.54) is 0 Å². The molecule has 0 amide bonds. The molecule has 4 nitrogen and oxygen atoms in total. The summed E-state index contributed by atoms with van der Waals surface area (Å²) in [7, 11) is 1.61. The highest BCUT2D eigenvalue weighted by molar-refractivity contribution is 6.32. The van der Waals surface area contributed by atoms with Gasteiger partial charge in [-0.1, -0.05) is 17.2 Å². The van der Waals surface area contributed by atoms with Crippen LogP contribution in [0.1, 0.15) is 24.9 Å². The Bertz CT molecular complexity index is 513. The fourth-order valence-electron chi connectivity index (χ4n) is 2.80. The predicted molar refractivity (Wildman–Crippen MR) is 86.3 cm³/mol. The number of piperazine rings is 1. The third-order valence-corrected chi connectivity index (χ3v) is 4.12. The van der Waals surface area contributed by atoms with Gasteiger partial charge in [0, 0.05) is 32.2 Å². The van der Waals surface area contributed by atoms with Crippen LogP contribution in [-0.4, -0.2) is 43.3 Å². The number of halogens is 1. The topological polar surface area (TPSA) is 44.7 Å². The lowest BCUT2D eigenvalue weighted by atomic mass is 9.96. The molecule has 2 rings (SSSR count). The normalized spacial score (nSPS) is 17.5. The lowest BCUT2D eigenvalue weighted by Gasteiger charge is -2.36. The fourth-order valence-corrected chi connectivity index (χ4v) is 2.97. The standard InChI is InChI=1S/C16H23ClN2O2/c1-11(2)10-13(19-8-6-18-7-9-19)15-14(21-3)5-4-12(17)16(15)20/h4-5,13,18,20H,1,6-10H2,2-3H3/t13-/m0/s1. The quantitative estimate of drug-likeness (QED) is 0.821. The molecule has 1 aliphatic heterocycles. The molecule has 21 heavy (non-hydrogen) atoms. The van der Waals surface area contributed by atoms with Crippen molar-refractivity contribution in [1.82, 2.24) is 10.2 Å². The molecule has 1 fully saturated rings. The van der Waals surface area contributed by atoms with Gasteiger partial charge < -0.3 is 15.2 Å². The minimum atomic E-state index is 0.0262. The number of hydrogen-bond donors (Lipinski definition) is 2. The molecule has 1 heterocycles. The zero-order valence-corrected chi connectivity index (χ0v) is 13.4. The van der Waals surface area contributed by atoms with Gasteiger partial charge in [-0.2, -0.15) is 0 Å². The molecule has 0 aliphatic carbocycles. The second-order valence-corrected chi connectivity index (χ2v) is 5.88. The first-order chi connectivity index (χ1) is 10.0. The maximum atomic E-state index is 10.4. The van der Waals surface area contributed by atoms with Crippen molar-refractivity contribution in [1.29, 1.82) is 0 Å². The molecule has 1 aliphatic rings. The number of hydrogen-bond acceptors (Lipinski definition) is 4. The Morgan fingerprint density at radius 1 is 1.48 bits per heavy atom. The molecule has 0 bridgehead atoms. The summed E-state index contributed by atoms with van der Waals surface area (Å²) in [5.74, 6) is 0.780. The van der Waals surface area contributed by atoms with Crippen LogP contribution >= 0.6 is 11.6 Å². The summed E-state index contributed by atoms with van der Waals surface area (Å²) in [6.45, 7) is 9.76. The summed E-state index contributed by atoms with van der Waals surface area (Å²) in [5, 5.41) is 14.1. The van der Waals surface area contributed by atoms with E-state index in [1.807, 2.05) is 13.0 Å². The van der Waals surface area contributed by atoms with E-state index in [9.17, 15) is 5.11 Å². The van der Waals surface area contributed by atoms with Gasteiger partial charge in [-0.25, -0.2) is 0 Å². The summed E-state index contributed by atoms with van der Waals surface area (Å²) < 4.78 is 5.44. The van der Waals surface area contributed by atoms with Crippen molar-refractivity contribution in [2.75, 3.05) is 33.3 Å². The fraction of sp³-hybridized carbons (Fsp3) is 0.500. The summed E-state index contributed by atoms with van der Waals surface area (Å²) in [5.41, 5.74) is 1.83. The number of benzene rings is 1. The van der Waals surface area contributed by atoms with Crippen LogP contribution in [0.5, 0.6) is 11.5 Å². The Morgan fingerprint density at radius 3 is 2.71 bits per heavy atom. The second kappa shape index (κ2) is 7.16. The smallest absolute Gasteiger partial charge is 0.142 e. The van der Waals surface area contributed by atoms with Crippen LogP contribution in [0.3, 0.4) is 0 Å².